The summed E-state index contributed by atoms with van der Waals surface area (Å²) in [6.07, 6.45) is 2.02. The number of rotatable bonds is 7. The first-order chi connectivity index (χ1) is 19.4. The van der Waals surface area contributed by atoms with Crippen molar-refractivity contribution in [3.05, 3.63) is 75.4 Å². The maximum Gasteiger partial charge on any atom is 0.434 e. The summed E-state index contributed by atoms with van der Waals surface area (Å²) in [6.45, 7) is 11.1. The number of hydrogen-bond donors (Lipinski definition) is 3. The lowest BCUT2D eigenvalue weighted by Gasteiger charge is -2.24. The molecule has 4 aromatic rings. The van der Waals surface area contributed by atoms with Gasteiger partial charge in [-0.2, -0.15) is 0 Å². The molecule has 3 aromatic carbocycles. The minimum absolute atomic E-state index is 0.0933. The van der Waals surface area contributed by atoms with Crippen LogP contribution in [0.2, 0.25) is 5.02 Å². The molecule has 0 radical (unpaired) electrons. The number of benzene rings is 3. The topological polar surface area (TPSA) is 132 Å². The Balaban J connectivity index is 1.72. The number of fused-ring (bicyclic) bond motifs is 2. The standard InChI is InChI=1S/C32H36ClN2O6P/c1-31(2,3)23-13-20(17-7-8-17)14-24-27(23)28(29(32(4,5)6)35(24)42(38,39)40)25(36)16-41-26-15-18-9-10-21(33)11-19(18)12-22(26)30(34)37/h9-15,17H,7-8,16H2,1-6H3,(H2,34,37)(H2,38,39,40). The number of amides is 1. The molecule has 10 heteroatoms. The molecule has 0 saturated heterocycles. The van der Waals surface area contributed by atoms with E-state index < -0.39 is 36.9 Å². The molecule has 1 fully saturated rings. The number of halogens is 1. The van der Waals surface area contributed by atoms with Gasteiger partial charge in [0.05, 0.1) is 16.6 Å². The third-order valence-electron chi connectivity index (χ3n) is 7.70. The number of carbonyl (C=O) groups excluding carboxylic acids is 2. The van der Waals surface area contributed by atoms with E-state index in [1.807, 2.05) is 47.6 Å². The molecular formula is C32H36ClN2O6P. The molecular weight excluding hydrogens is 575 g/mol. The first-order valence-electron chi connectivity index (χ1n) is 13.9. The smallest absolute Gasteiger partial charge is 0.434 e. The molecule has 0 aliphatic heterocycles. The van der Waals surface area contributed by atoms with Crippen LogP contribution in [-0.4, -0.2) is 32.4 Å². The van der Waals surface area contributed by atoms with E-state index in [1.165, 1.54) is 0 Å². The van der Waals surface area contributed by atoms with Crippen LogP contribution in [0.4, 0.5) is 0 Å². The van der Waals surface area contributed by atoms with Crippen LogP contribution in [0.3, 0.4) is 0 Å². The van der Waals surface area contributed by atoms with Gasteiger partial charge < -0.3 is 20.3 Å². The van der Waals surface area contributed by atoms with Crippen LogP contribution in [0, 0.1) is 0 Å². The van der Waals surface area contributed by atoms with Crippen molar-refractivity contribution in [3.63, 3.8) is 0 Å². The summed E-state index contributed by atoms with van der Waals surface area (Å²) in [5, 5.41) is 2.44. The molecule has 0 unspecified atom stereocenters. The van der Waals surface area contributed by atoms with Crippen molar-refractivity contribution in [1.82, 2.24) is 4.34 Å². The van der Waals surface area contributed by atoms with Crippen molar-refractivity contribution in [3.8, 4) is 5.75 Å². The zero-order chi connectivity index (χ0) is 30.9. The number of primary amides is 1. The first kappa shape index (κ1) is 30.3. The zero-order valence-corrected chi connectivity index (χ0v) is 26.3. The number of nitrogens with two attached hydrogens (primary N) is 1. The van der Waals surface area contributed by atoms with Crippen LogP contribution in [0.5, 0.6) is 5.75 Å². The van der Waals surface area contributed by atoms with Crippen LogP contribution >= 0.6 is 19.3 Å². The fraction of sp³-hybridized carbons (Fsp3) is 0.375. The van der Waals surface area contributed by atoms with Crippen molar-refractivity contribution in [2.24, 2.45) is 5.73 Å². The van der Waals surface area contributed by atoms with Crippen LogP contribution in [0.1, 0.15) is 97.8 Å². The molecule has 1 aliphatic carbocycles. The van der Waals surface area contributed by atoms with Gasteiger partial charge in [0, 0.05) is 21.5 Å². The van der Waals surface area contributed by atoms with Gasteiger partial charge in [-0.1, -0.05) is 65.3 Å². The van der Waals surface area contributed by atoms with E-state index in [0.29, 0.717) is 27.2 Å². The van der Waals surface area contributed by atoms with Crippen molar-refractivity contribution < 1.29 is 28.7 Å². The number of hydrogen-bond acceptors (Lipinski definition) is 4. The van der Waals surface area contributed by atoms with Crippen LogP contribution < -0.4 is 10.5 Å². The molecule has 0 atom stereocenters. The van der Waals surface area contributed by atoms with Gasteiger partial charge in [0.15, 0.2) is 6.61 Å². The molecule has 5 rings (SSSR count). The van der Waals surface area contributed by atoms with Gasteiger partial charge >= 0.3 is 7.75 Å². The van der Waals surface area contributed by atoms with E-state index in [1.54, 1.807) is 30.3 Å². The summed E-state index contributed by atoms with van der Waals surface area (Å²) in [6, 6.07) is 12.3. The second kappa shape index (κ2) is 10.2. The number of ketones is 1. The van der Waals surface area contributed by atoms with Gasteiger partial charge in [0.25, 0.3) is 5.91 Å². The molecule has 1 saturated carbocycles. The lowest BCUT2D eigenvalue weighted by molar-refractivity contribution is 0.0911. The zero-order valence-electron chi connectivity index (χ0n) is 24.6. The Bertz CT molecular complexity index is 1820. The minimum Gasteiger partial charge on any atom is -0.485 e. The number of nitrogens with zero attached hydrogens (tertiary/aromatic N) is 1. The van der Waals surface area contributed by atoms with Crippen molar-refractivity contribution in [2.75, 3.05) is 6.61 Å². The molecule has 1 aromatic heterocycles. The normalized spacial score (nSPS) is 14.5. The van der Waals surface area contributed by atoms with E-state index in [-0.39, 0.29) is 22.6 Å². The molecule has 1 heterocycles. The highest BCUT2D eigenvalue weighted by Crippen LogP contribution is 2.52. The third kappa shape index (κ3) is 5.61. The maximum absolute atomic E-state index is 14.2. The van der Waals surface area contributed by atoms with Gasteiger partial charge in [-0.3, -0.25) is 13.9 Å². The van der Waals surface area contributed by atoms with E-state index in [0.717, 1.165) is 33.7 Å². The van der Waals surface area contributed by atoms with Gasteiger partial charge in [0.2, 0.25) is 5.78 Å². The predicted octanol–water partition coefficient (Wildman–Crippen LogP) is 7.22. The summed E-state index contributed by atoms with van der Waals surface area (Å²) < 4.78 is 20.1. The average molecular weight is 611 g/mol. The number of ether oxygens (including phenoxy) is 1. The molecule has 8 nitrogen and oxygen atoms in total. The molecule has 1 amide bonds. The largest absolute Gasteiger partial charge is 0.485 e. The van der Waals surface area contributed by atoms with E-state index in [4.69, 9.17) is 22.1 Å². The van der Waals surface area contributed by atoms with E-state index in [9.17, 15) is 23.9 Å². The van der Waals surface area contributed by atoms with Gasteiger partial charge in [-0.15, -0.1) is 0 Å². The van der Waals surface area contributed by atoms with Gasteiger partial charge in [0.1, 0.15) is 5.75 Å². The maximum atomic E-state index is 14.2. The number of carbonyl (C=O) groups is 2. The Morgan fingerprint density at radius 1 is 1.00 bits per heavy atom. The third-order valence-corrected chi connectivity index (χ3v) is 8.87. The van der Waals surface area contributed by atoms with Crippen molar-refractivity contribution in [2.45, 2.75) is 71.1 Å². The fourth-order valence-electron chi connectivity index (χ4n) is 5.68. The number of Topliss-reactive ketones (excluding diaryl/α,β-unsaturated/α-hetero) is 1. The predicted molar refractivity (Wildman–Crippen MR) is 166 cm³/mol. The first-order valence-corrected chi connectivity index (χ1v) is 15.8. The lowest BCUT2D eigenvalue weighted by atomic mass is 9.80. The van der Waals surface area contributed by atoms with Crippen LogP contribution in [0.25, 0.3) is 21.7 Å². The molecule has 0 bridgehead atoms. The Hall–Kier alpha value is -3.16. The van der Waals surface area contributed by atoms with E-state index >= 15 is 0 Å². The summed E-state index contributed by atoms with van der Waals surface area (Å²) in [4.78, 5) is 47.9. The second-order valence-electron chi connectivity index (χ2n) is 13.2. The highest BCUT2D eigenvalue weighted by Gasteiger charge is 2.39. The summed E-state index contributed by atoms with van der Waals surface area (Å²) in [7, 11) is -4.90. The molecule has 1 aliphatic rings. The average Bonchev–Trinajstić information content (AvgIpc) is 3.64. The minimum atomic E-state index is -4.90. The Kier molecular flexibility index (Phi) is 7.38. The second-order valence-corrected chi connectivity index (χ2v) is 15.1. The monoisotopic (exact) mass is 610 g/mol. The Labute approximate surface area is 250 Å². The van der Waals surface area contributed by atoms with Crippen molar-refractivity contribution >= 4 is 52.7 Å². The highest BCUT2D eigenvalue weighted by atomic mass is 35.5. The summed E-state index contributed by atoms with van der Waals surface area (Å²) in [5.74, 6) is -0.733. The lowest BCUT2D eigenvalue weighted by Crippen LogP contribution is -2.23. The fourth-order valence-corrected chi connectivity index (χ4v) is 6.96. The quantitative estimate of drug-likeness (QED) is 0.149. The molecule has 0 spiro atoms. The number of aromatic nitrogens is 1. The summed E-state index contributed by atoms with van der Waals surface area (Å²) >= 11 is 6.12. The molecule has 222 valence electrons. The summed E-state index contributed by atoms with van der Waals surface area (Å²) in [5.41, 5.74) is 7.12. The SMILES string of the molecule is CC(C)(C)c1cc(C2CC2)cc2c1c(C(=O)COc1cc3ccc(Cl)cc3cc1C(N)=O)c(C(C)(C)C)n2P(=O)(O)O. The Morgan fingerprint density at radius 2 is 1.67 bits per heavy atom. The molecule has 4 N–H and O–H groups in total. The van der Waals surface area contributed by atoms with Gasteiger partial charge in [-0.05, 0) is 76.4 Å². The van der Waals surface area contributed by atoms with Crippen LogP contribution in [-0.2, 0) is 15.4 Å². The van der Waals surface area contributed by atoms with Crippen molar-refractivity contribution in [1.29, 1.82) is 0 Å². The van der Waals surface area contributed by atoms with E-state index in [2.05, 4.69) is 6.07 Å². The Morgan fingerprint density at radius 3 is 2.21 bits per heavy atom. The van der Waals surface area contributed by atoms with Gasteiger partial charge in [-0.25, -0.2) is 4.57 Å². The highest BCUT2D eigenvalue weighted by molar-refractivity contribution is 7.50. The molecule has 42 heavy (non-hydrogen) atoms. The van der Waals surface area contributed by atoms with Crippen LogP contribution in [0.15, 0.2) is 42.5 Å².